The van der Waals surface area contributed by atoms with Crippen LogP contribution in [0.5, 0.6) is 0 Å². The molecule has 92 valence electrons. The van der Waals surface area contributed by atoms with Crippen LogP contribution in [-0.2, 0) is 0 Å². The second-order valence-electron chi connectivity index (χ2n) is 3.96. The van der Waals surface area contributed by atoms with Gasteiger partial charge in [0.1, 0.15) is 0 Å². The van der Waals surface area contributed by atoms with Gasteiger partial charge in [-0.1, -0.05) is 0 Å². The van der Waals surface area contributed by atoms with Crippen molar-refractivity contribution >= 4 is 11.9 Å². The summed E-state index contributed by atoms with van der Waals surface area (Å²) in [5, 5.41) is 2.61. The number of piperidine rings is 1. The highest BCUT2D eigenvalue weighted by molar-refractivity contribution is 5.91. The van der Waals surface area contributed by atoms with E-state index in [1.165, 1.54) is 12.6 Å². The largest absolute Gasteiger partial charge is 0.438 e. The van der Waals surface area contributed by atoms with Crippen LogP contribution < -0.4 is 11.1 Å². The minimum absolute atomic E-state index is 0.0897. The van der Waals surface area contributed by atoms with Crippen molar-refractivity contribution in [1.82, 2.24) is 15.2 Å². The van der Waals surface area contributed by atoms with Crippen LogP contribution in [0, 0.1) is 0 Å². The Morgan fingerprint density at radius 3 is 3.06 bits per heavy atom. The molecule has 1 aromatic rings. The standard InChI is InChI=1S/C10H14N4O3/c11-10(16)13-7-2-1-3-14(5-7)9(15)8-4-12-6-17-8/h4,6-7H,1-3,5H2,(H3,11,13,16)/t7-/m1/s1. The Morgan fingerprint density at radius 1 is 1.59 bits per heavy atom. The highest BCUT2D eigenvalue weighted by Crippen LogP contribution is 2.13. The molecular formula is C10H14N4O3. The van der Waals surface area contributed by atoms with Gasteiger partial charge in [-0.25, -0.2) is 9.78 Å². The minimum Gasteiger partial charge on any atom is -0.438 e. The summed E-state index contributed by atoms with van der Waals surface area (Å²) in [4.78, 5) is 28.0. The van der Waals surface area contributed by atoms with Gasteiger partial charge >= 0.3 is 6.03 Å². The first-order valence-corrected chi connectivity index (χ1v) is 5.40. The SMILES string of the molecule is NC(=O)N[C@@H]1CCCN(C(=O)c2cnco2)C1. The number of hydrogen-bond acceptors (Lipinski definition) is 4. The van der Waals surface area contributed by atoms with Gasteiger partial charge in [0.15, 0.2) is 6.39 Å². The second-order valence-corrected chi connectivity index (χ2v) is 3.96. The molecule has 0 unspecified atom stereocenters. The molecule has 1 aliphatic rings. The maximum atomic E-state index is 11.9. The number of nitrogens with one attached hydrogen (secondary N) is 1. The molecule has 7 nitrogen and oxygen atoms in total. The maximum Gasteiger partial charge on any atom is 0.312 e. The molecule has 1 aromatic heterocycles. The molecule has 0 saturated carbocycles. The number of nitrogens with two attached hydrogens (primary N) is 1. The zero-order valence-corrected chi connectivity index (χ0v) is 9.26. The predicted octanol–water partition coefficient (Wildman–Crippen LogP) is -0.0525. The molecule has 0 spiro atoms. The molecule has 7 heteroatoms. The van der Waals surface area contributed by atoms with Gasteiger partial charge in [0.05, 0.1) is 6.20 Å². The highest BCUT2D eigenvalue weighted by Gasteiger charge is 2.26. The van der Waals surface area contributed by atoms with Crippen molar-refractivity contribution in [2.75, 3.05) is 13.1 Å². The fourth-order valence-electron chi connectivity index (χ4n) is 1.96. The van der Waals surface area contributed by atoms with Crippen LogP contribution in [0.3, 0.4) is 0 Å². The van der Waals surface area contributed by atoms with E-state index in [9.17, 15) is 9.59 Å². The molecule has 3 N–H and O–H groups in total. The van der Waals surface area contributed by atoms with Crippen LogP contribution in [0.1, 0.15) is 23.4 Å². The zero-order chi connectivity index (χ0) is 12.3. The first-order chi connectivity index (χ1) is 8.16. The van der Waals surface area contributed by atoms with Crippen LogP contribution in [-0.4, -0.2) is 41.0 Å². The Labute approximate surface area is 98.0 Å². The molecule has 2 rings (SSSR count). The van der Waals surface area contributed by atoms with Crippen LogP contribution in [0.15, 0.2) is 17.0 Å². The molecule has 1 atom stereocenters. The monoisotopic (exact) mass is 238 g/mol. The summed E-state index contributed by atoms with van der Waals surface area (Å²) in [5.74, 6) is 0.00296. The normalized spacial score (nSPS) is 20.0. The number of urea groups is 1. The Kier molecular flexibility index (Phi) is 3.27. The van der Waals surface area contributed by atoms with Gasteiger partial charge in [0.2, 0.25) is 5.76 Å². The van der Waals surface area contributed by atoms with Gasteiger partial charge in [-0.05, 0) is 12.8 Å². The van der Waals surface area contributed by atoms with Crippen molar-refractivity contribution in [2.24, 2.45) is 5.73 Å². The van der Waals surface area contributed by atoms with Crippen molar-refractivity contribution in [3.63, 3.8) is 0 Å². The topological polar surface area (TPSA) is 101 Å². The lowest BCUT2D eigenvalue weighted by atomic mass is 10.1. The van der Waals surface area contributed by atoms with Gasteiger partial charge in [-0.3, -0.25) is 4.79 Å². The Hall–Kier alpha value is -2.05. The van der Waals surface area contributed by atoms with E-state index in [1.807, 2.05) is 0 Å². The Morgan fingerprint density at radius 2 is 2.41 bits per heavy atom. The fourth-order valence-corrected chi connectivity index (χ4v) is 1.96. The van der Waals surface area contributed by atoms with E-state index in [0.29, 0.717) is 13.1 Å². The zero-order valence-electron chi connectivity index (χ0n) is 9.26. The summed E-state index contributed by atoms with van der Waals surface area (Å²) >= 11 is 0. The van der Waals surface area contributed by atoms with Crippen molar-refractivity contribution in [3.8, 4) is 0 Å². The summed E-state index contributed by atoms with van der Waals surface area (Å²) in [5.41, 5.74) is 5.06. The maximum absolute atomic E-state index is 11.9. The van der Waals surface area contributed by atoms with E-state index in [1.54, 1.807) is 4.90 Å². The minimum atomic E-state index is -0.566. The van der Waals surface area contributed by atoms with Gasteiger partial charge in [-0.2, -0.15) is 0 Å². The second kappa shape index (κ2) is 4.86. The number of hydrogen-bond donors (Lipinski definition) is 2. The molecule has 2 heterocycles. The van der Waals surface area contributed by atoms with E-state index in [0.717, 1.165) is 12.8 Å². The number of carbonyl (C=O) groups excluding carboxylic acids is 2. The van der Waals surface area contributed by atoms with Crippen LogP contribution in [0.4, 0.5) is 4.79 Å². The molecule has 17 heavy (non-hydrogen) atoms. The molecule has 3 amide bonds. The summed E-state index contributed by atoms with van der Waals surface area (Å²) in [6.45, 7) is 1.10. The lowest BCUT2D eigenvalue weighted by Crippen LogP contribution is -2.50. The lowest BCUT2D eigenvalue weighted by Gasteiger charge is -2.32. The molecule has 1 fully saturated rings. The third kappa shape index (κ3) is 2.74. The third-order valence-corrected chi connectivity index (χ3v) is 2.70. The van der Waals surface area contributed by atoms with Crippen LogP contribution >= 0.6 is 0 Å². The lowest BCUT2D eigenvalue weighted by molar-refractivity contribution is 0.0666. The van der Waals surface area contributed by atoms with Crippen LogP contribution in [0.25, 0.3) is 0 Å². The van der Waals surface area contributed by atoms with Crippen molar-refractivity contribution in [1.29, 1.82) is 0 Å². The van der Waals surface area contributed by atoms with Crippen LogP contribution in [0.2, 0.25) is 0 Å². The van der Waals surface area contributed by atoms with Gasteiger partial charge < -0.3 is 20.4 Å². The van der Waals surface area contributed by atoms with E-state index in [2.05, 4.69) is 10.3 Å². The fraction of sp³-hybridized carbons (Fsp3) is 0.500. The number of amides is 3. The molecule has 0 radical (unpaired) electrons. The number of nitrogens with zero attached hydrogens (tertiary/aromatic N) is 2. The smallest absolute Gasteiger partial charge is 0.312 e. The van der Waals surface area contributed by atoms with Crippen molar-refractivity contribution in [2.45, 2.75) is 18.9 Å². The summed E-state index contributed by atoms with van der Waals surface area (Å²) in [6.07, 6.45) is 4.25. The van der Waals surface area contributed by atoms with E-state index >= 15 is 0 Å². The molecule has 1 saturated heterocycles. The number of likely N-dealkylation sites (tertiary alicyclic amines) is 1. The predicted molar refractivity (Wildman–Crippen MR) is 58.1 cm³/mol. The third-order valence-electron chi connectivity index (χ3n) is 2.70. The van der Waals surface area contributed by atoms with Gasteiger partial charge in [0, 0.05) is 19.1 Å². The molecule has 0 aromatic carbocycles. The number of carbonyl (C=O) groups is 2. The molecule has 0 aliphatic carbocycles. The number of oxazole rings is 1. The van der Waals surface area contributed by atoms with E-state index in [-0.39, 0.29) is 17.7 Å². The first kappa shape index (κ1) is 11.4. The number of aromatic nitrogens is 1. The molecule has 1 aliphatic heterocycles. The number of rotatable bonds is 2. The summed E-state index contributed by atoms with van der Waals surface area (Å²) in [7, 11) is 0. The summed E-state index contributed by atoms with van der Waals surface area (Å²) in [6, 6.07) is -0.655. The first-order valence-electron chi connectivity index (χ1n) is 5.40. The van der Waals surface area contributed by atoms with E-state index in [4.69, 9.17) is 10.2 Å². The quantitative estimate of drug-likeness (QED) is 0.754. The Bertz CT molecular complexity index is 404. The van der Waals surface area contributed by atoms with Crippen molar-refractivity contribution < 1.29 is 14.0 Å². The van der Waals surface area contributed by atoms with E-state index < -0.39 is 6.03 Å². The Balaban J connectivity index is 1.97. The van der Waals surface area contributed by atoms with Gasteiger partial charge in [0.25, 0.3) is 5.91 Å². The molecule has 0 bridgehead atoms. The van der Waals surface area contributed by atoms with Crippen molar-refractivity contribution in [3.05, 3.63) is 18.4 Å². The van der Waals surface area contributed by atoms with Gasteiger partial charge in [-0.15, -0.1) is 0 Å². The average Bonchev–Trinajstić information content (AvgIpc) is 2.81. The molecular weight excluding hydrogens is 224 g/mol. The summed E-state index contributed by atoms with van der Waals surface area (Å²) < 4.78 is 4.95. The average molecular weight is 238 g/mol. The highest BCUT2D eigenvalue weighted by atomic mass is 16.3. The number of primary amides is 1.